The molecule has 0 aliphatic heterocycles. The number of methoxy groups -OCH3 is 1. The van der Waals surface area contributed by atoms with Crippen LogP contribution in [0.25, 0.3) is 0 Å². The van der Waals surface area contributed by atoms with Gasteiger partial charge in [0, 0.05) is 12.6 Å². The molecule has 1 aromatic carbocycles. The smallest absolute Gasteiger partial charge is 0.239 e. The highest BCUT2D eigenvalue weighted by atomic mass is 16.5. The van der Waals surface area contributed by atoms with Crippen LogP contribution in [0.3, 0.4) is 0 Å². The molecule has 19 heavy (non-hydrogen) atoms. The van der Waals surface area contributed by atoms with Crippen molar-refractivity contribution in [3.05, 3.63) is 42.1 Å². The number of nitrogens with zero attached hydrogens (tertiary/aromatic N) is 2. The van der Waals surface area contributed by atoms with Gasteiger partial charge in [0.25, 0.3) is 0 Å². The van der Waals surface area contributed by atoms with E-state index in [0.29, 0.717) is 23.9 Å². The minimum Gasteiger partial charge on any atom is -0.493 e. The fourth-order valence-corrected chi connectivity index (χ4v) is 1.57. The maximum absolute atomic E-state index is 5.64. The summed E-state index contributed by atoms with van der Waals surface area (Å²) in [7, 11) is 1.60. The van der Waals surface area contributed by atoms with Crippen LogP contribution in [0.4, 0.5) is 0 Å². The van der Waals surface area contributed by atoms with Crippen LogP contribution in [0.1, 0.15) is 12.6 Å². The molecule has 0 saturated heterocycles. The Morgan fingerprint density at radius 2 is 1.84 bits per heavy atom. The first kappa shape index (κ1) is 13.3. The minimum absolute atomic E-state index is 0.449. The second-order valence-electron chi connectivity index (χ2n) is 3.90. The molecular weight excluding hydrogens is 242 g/mol. The van der Waals surface area contributed by atoms with Gasteiger partial charge in [-0.2, -0.15) is 5.10 Å². The van der Waals surface area contributed by atoms with Gasteiger partial charge in [-0.25, -0.2) is 0 Å². The summed E-state index contributed by atoms with van der Waals surface area (Å²) in [5, 5.41) is 11.3. The fourth-order valence-electron chi connectivity index (χ4n) is 1.57. The van der Waals surface area contributed by atoms with Gasteiger partial charge in [0.15, 0.2) is 11.5 Å². The highest BCUT2D eigenvalue weighted by molar-refractivity contribution is 5.41. The standard InChI is InChI=1S/C14H17N3O2/c1-3-15-10-11-8-9-14(17-16-11)19-13-7-5-4-6-12(13)18-2/h4-9,15H,3,10H2,1-2H3. The minimum atomic E-state index is 0.449. The van der Waals surface area contributed by atoms with Crippen LogP contribution in [-0.4, -0.2) is 23.9 Å². The molecular formula is C14H17N3O2. The first-order valence-electron chi connectivity index (χ1n) is 6.17. The quantitative estimate of drug-likeness (QED) is 0.863. The van der Waals surface area contributed by atoms with Gasteiger partial charge in [0.2, 0.25) is 5.88 Å². The van der Waals surface area contributed by atoms with Gasteiger partial charge < -0.3 is 14.8 Å². The van der Waals surface area contributed by atoms with Gasteiger partial charge in [0.05, 0.1) is 12.8 Å². The van der Waals surface area contributed by atoms with Crippen molar-refractivity contribution in [1.29, 1.82) is 0 Å². The topological polar surface area (TPSA) is 56.3 Å². The molecule has 1 N–H and O–H groups in total. The highest BCUT2D eigenvalue weighted by Crippen LogP contribution is 2.29. The number of rotatable bonds is 6. The normalized spacial score (nSPS) is 10.2. The number of hydrogen-bond donors (Lipinski definition) is 1. The van der Waals surface area contributed by atoms with Crippen LogP contribution in [0.5, 0.6) is 17.4 Å². The Morgan fingerprint density at radius 3 is 2.47 bits per heavy atom. The molecule has 0 aliphatic carbocycles. The van der Waals surface area contributed by atoms with Crippen LogP contribution < -0.4 is 14.8 Å². The molecule has 0 unspecified atom stereocenters. The largest absolute Gasteiger partial charge is 0.493 e. The van der Waals surface area contributed by atoms with Gasteiger partial charge in [0.1, 0.15) is 0 Å². The molecule has 0 fully saturated rings. The third-order valence-electron chi connectivity index (χ3n) is 2.54. The Labute approximate surface area is 112 Å². The van der Waals surface area contributed by atoms with E-state index in [0.717, 1.165) is 12.2 Å². The molecule has 100 valence electrons. The maximum atomic E-state index is 5.64. The summed E-state index contributed by atoms with van der Waals surface area (Å²) in [6, 6.07) is 11.1. The van der Waals surface area contributed by atoms with Crippen molar-refractivity contribution >= 4 is 0 Å². The molecule has 0 aliphatic rings. The number of ether oxygens (including phenoxy) is 2. The van der Waals surface area contributed by atoms with E-state index in [1.807, 2.05) is 37.3 Å². The van der Waals surface area contributed by atoms with Crippen molar-refractivity contribution in [3.8, 4) is 17.4 Å². The van der Waals surface area contributed by atoms with Crippen molar-refractivity contribution < 1.29 is 9.47 Å². The predicted octanol–water partition coefficient (Wildman–Crippen LogP) is 2.39. The zero-order valence-electron chi connectivity index (χ0n) is 11.1. The summed E-state index contributed by atoms with van der Waals surface area (Å²) in [4.78, 5) is 0. The molecule has 2 rings (SSSR count). The second-order valence-corrected chi connectivity index (χ2v) is 3.90. The average molecular weight is 259 g/mol. The molecule has 0 atom stereocenters. The predicted molar refractivity (Wildman–Crippen MR) is 72.5 cm³/mol. The Bertz CT molecular complexity index is 514. The summed E-state index contributed by atoms with van der Waals surface area (Å²) < 4.78 is 10.9. The summed E-state index contributed by atoms with van der Waals surface area (Å²) in [6.45, 7) is 3.66. The number of hydrogen-bond acceptors (Lipinski definition) is 5. The number of nitrogens with one attached hydrogen (secondary N) is 1. The molecule has 0 bridgehead atoms. The summed E-state index contributed by atoms with van der Waals surface area (Å²) in [5.41, 5.74) is 0.884. The zero-order chi connectivity index (χ0) is 13.5. The molecule has 0 radical (unpaired) electrons. The lowest BCUT2D eigenvalue weighted by Gasteiger charge is -2.08. The zero-order valence-corrected chi connectivity index (χ0v) is 11.1. The second kappa shape index (κ2) is 6.70. The van der Waals surface area contributed by atoms with Gasteiger partial charge in [-0.05, 0) is 24.7 Å². The molecule has 1 heterocycles. The highest BCUT2D eigenvalue weighted by Gasteiger charge is 2.05. The molecule has 2 aromatic rings. The molecule has 0 spiro atoms. The van der Waals surface area contributed by atoms with Crippen LogP contribution in [0.2, 0.25) is 0 Å². The first-order valence-corrected chi connectivity index (χ1v) is 6.17. The summed E-state index contributed by atoms with van der Waals surface area (Å²) >= 11 is 0. The van der Waals surface area contributed by atoms with Gasteiger partial charge in [-0.3, -0.25) is 0 Å². The Balaban J connectivity index is 2.06. The van der Waals surface area contributed by atoms with E-state index in [2.05, 4.69) is 15.5 Å². The van der Waals surface area contributed by atoms with Crippen molar-refractivity contribution in [3.63, 3.8) is 0 Å². The lowest BCUT2D eigenvalue weighted by Crippen LogP contribution is -2.13. The van der Waals surface area contributed by atoms with E-state index in [1.54, 1.807) is 13.2 Å². The first-order chi connectivity index (χ1) is 9.33. The van der Waals surface area contributed by atoms with Crippen LogP contribution in [-0.2, 0) is 6.54 Å². The Kier molecular flexibility index (Phi) is 4.69. The van der Waals surface area contributed by atoms with E-state index in [9.17, 15) is 0 Å². The molecule has 1 aromatic heterocycles. The number of para-hydroxylation sites is 2. The van der Waals surface area contributed by atoms with E-state index in [1.165, 1.54) is 0 Å². The van der Waals surface area contributed by atoms with Crippen molar-refractivity contribution in [2.45, 2.75) is 13.5 Å². The average Bonchev–Trinajstić information content (AvgIpc) is 2.47. The van der Waals surface area contributed by atoms with E-state index < -0.39 is 0 Å². The van der Waals surface area contributed by atoms with Crippen molar-refractivity contribution in [2.24, 2.45) is 0 Å². The van der Waals surface area contributed by atoms with Crippen LogP contribution in [0.15, 0.2) is 36.4 Å². The lowest BCUT2D eigenvalue weighted by atomic mass is 10.3. The maximum Gasteiger partial charge on any atom is 0.239 e. The monoisotopic (exact) mass is 259 g/mol. The lowest BCUT2D eigenvalue weighted by molar-refractivity contribution is 0.372. The summed E-state index contributed by atoms with van der Waals surface area (Å²) in [5.74, 6) is 1.74. The van der Waals surface area contributed by atoms with Crippen molar-refractivity contribution in [2.75, 3.05) is 13.7 Å². The van der Waals surface area contributed by atoms with Crippen LogP contribution in [0, 0.1) is 0 Å². The number of benzene rings is 1. The van der Waals surface area contributed by atoms with E-state index in [-0.39, 0.29) is 0 Å². The van der Waals surface area contributed by atoms with Gasteiger partial charge in [-0.15, -0.1) is 5.10 Å². The van der Waals surface area contributed by atoms with Crippen molar-refractivity contribution in [1.82, 2.24) is 15.5 Å². The SMILES string of the molecule is CCNCc1ccc(Oc2ccccc2OC)nn1. The Morgan fingerprint density at radius 1 is 1.05 bits per heavy atom. The van der Waals surface area contributed by atoms with Crippen LogP contribution >= 0.6 is 0 Å². The molecule has 0 saturated carbocycles. The third kappa shape index (κ3) is 3.66. The molecule has 0 amide bonds. The van der Waals surface area contributed by atoms with Gasteiger partial charge in [-0.1, -0.05) is 19.1 Å². The van der Waals surface area contributed by atoms with E-state index >= 15 is 0 Å². The Hall–Kier alpha value is -2.14. The fraction of sp³-hybridized carbons (Fsp3) is 0.286. The third-order valence-corrected chi connectivity index (χ3v) is 2.54. The molecule has 5 heteroatoms. The van der Waals surface area contributed by atoms with Gasteiger partial charge >= 0.3 is 0 Å². The van der Waals surface area contributed by atoms with E-state index in [4.69, 9.17) is 9.47 Å². The molecule has 5 nitrogen and oxygen atoms in total. The summed E-state index contributed by atoms with van der Waals surface area (Å²) in [6.07, 6.45) is 0. The number of aromatic nitrogens is 2.